The monoisotopic (exact) mass is 317 g/mol. The summed E-state index contributed by atoms with van der Waals surface area (Å²) in [5, 5.41) is 9.10. The van der Waals surface area contributed by atoms with Gasteiger partial charge in [0.25, 0.3) is 0 Å². The smallest absolute Gasteiger partial charge is 0.248 e. The molecule has 2 fully saturated rings. The molecule has 2 saturated heterocycles. The molecule has 1 atom stereocenters. The first kappa shape index (κ1) is 15.9. The number of likely N-dealkylation sites (tertiary alicyclic amines) is 2. The summed E-state index contributed by atoms with van der Waals surface area (Å²) in [4.78, 5) is 31.9. The van der Waals surface area contributed by atoms with E-state index in [0.717, 1.165) is 24.8 Å². The molecule has 1 aromatic rings. The summed E-state index contributed by atoms with van der Waals surface area (Å²) in [7, 11) is 0. The molecule has 0 saturated carbocycles. The summed E-state index contributed by atoms with van der Waals surface area (Å²) in [6.45, 7) is 2.16. The van der Waals surface area contributed by atoms with E-state index in [-0.39, 0.29) is 17.2 Å². The fourth-order valence-corrected chi connectivity index (χ4v) is 3.81. The lowest BCUT2D eigenvalue weighted by molar-refractivity contribution is -0.144. The minimum Gasteiger partial charge on any atom is -0.387 e. The van der Waals surface area contributed by atoms with Crippen LogP contribution in [0.5, 0.6) is 0 Å². The fourth-order valence-electron chi connectivity index (χ4n) is 3.81. The van der Waals surface area contributed by atoms with Crippen molar-refractivity contribution >= 4 is 11.8 Å². The maximum absolute atomic E-state index is 12.3. The van der Waals surface area contributed by atoms with Crippen LogP contribution in [0.2, 0.25) is 0 Å². The van der Waals surface area contributed by atoms with Crippen molar-refractivity contribution in [3.8, 4) is 0 Å². The first-order chi connectivity index (χ1) is 11.1. The first-order valence-electron chi connectivity index (χ1n) is 8.17. The molecule has 3 heterocycles. The van der Waals surface area contributed by atoms with E-state index >= 15 is 0 Å². The average Bonchev–Trinajstić information content (AvgIpc) is 2.59. The van der Waals surface area contributed by atoms with Crippen molar-refractivity contribution in [1.82, 2.24) is 14.8 Å². The van der Waals surface area contributed by atoms with E-state index < -0.39 is 6.61 Å². The van der Waals surface area contributed by atoms with E-state index in [1.54, 1.807) is 17.3 Å². The predicted molar refractivity (Wildman–Crippen MR) is 84.2 cm³/mol. The molecule has 0 radical (unpaired) electrons. The average molecular weight is 317 g/mol. The van der Waals surface area contributed by atoms with Crippen LogP contribution in [0, 0.1) is 5.41 Å². The van der Waals surface area contributed by atoms with Crippen LogP contribution >= 0.6 is 0 Å². The molecule has 0 aliphatic carbocycles. The maximum atomic E-state index is 12.3. The molecule has 1 spiro atoms. The number of nitrogens with zero attached hydrogens (tertiary/aromatic N) is 3. The second-order valence-electron chi connectivity index (χ2n) is 6.69. The van der Waals surface area contributed by atoms with E-state index in [1.165, 1.54) is 0 Å². The highest BCUT2D eigenvalue weighted by atomic mass is 16.3. The summed E-state index contributed by atoms with van der Waals surface area (Å²) in [6, 6.07) is 3.85. The largest absolute Gasteiger partial charge is 0.387 e. The van der Waals surface area contributed by atoms with Gasteiger partial charge in [0, 0.05) is 50.4 Å². The summed E-state index contributed by atoms with van der Waals surface area (Å²) < 4.78 is 0. The molecule has 0 aromatic carbocycles. The minimum atomic E-state index is -0.436. The maximum Gasteiger partial charge on any atom is 0.248 e. The number of amides is 2. The number of carbonyl (C=O) groups is 2. The molecule has 6 nitrogen and oxygen atoms in total. The van der Waals surface area contributed by atoms with Gasteiger partial charge in [0.2, 0.25) is 11.8 Å². The predicted octanol–water partition coefficient (Wildman–Crippen LogP) is 0.805. The summed E-state index contributed by atoms with van der Waals surface area (Å²) in [6.07, 6.45) is 6.82. The van der Waals surface area contributed by atoms with Gasteiger partial charge in [-0.2, -0.15) is 0 Å². The third-order valence-corrected chi connectivity index (χ3v) is 4.99. The van der Waals surface area contributed by atoms with E-state index in [2.05, 4.69) is 4.98 Å². The van der Waals surface area contributed by atoms with Crippen LogP contribution in [-0.2, 0) is 16.1 Å². The first-order valence-corrected chi connectivity index (χ1v) is 8.17. The highest BCUT2D eigenvalue weighted by Crippen LogP contribution is 2.39. The molecule has 2 aliphatic heterocycles. The number of hydrogen-bond acceptors (Lipinski definition) is 4. The normalized spacial score (nSPS) is 25.0. The number of aromatic nitrogens is 1. The summed E-state index contributed by atoms with van der Waals surface area (Å²) >= 11 is 0. The van der Waals surface area contributed by atoms with E-state index in [4.69, 9.17) is 5.11 Å². The molecular formula is C17H23N3O3. The Bertz CT molecular complexity index is 578. The van der Waals surface area contributed by atoms with Crippen LogP contribution < -0.4 is 0 Å². The molecule has 0 bridgehead atoms. The fraction of sp³-hybridized carbons (Fsp3) is 0.588. The quantitative estimate of drug-likeness (QED) is 0.895. The van der Waals surface area contributed by atoms with Crippen LogP contribution in [0.1, 0.15) is 31.2 Å². The Morgan fingerprint density at radius 1 is 1.35 bits per heavy atom. The highest BCUT2D eigenvalue weighted by molar-refractivity contribution is 5.78. The van der Waals surface area contributed by atoms with Gasteiger partial charge < -0.3 is 14.9 Å². The van der Waals surface area contributed by atoms with Gasteiger partial charge in [0.15, 0.2) is 0 Å². The number of pyridine rings is 1. The van der Waals surface area contributed by atoms with E-state index in [1.807, 2.05) is 17.0 Å². The molecule has 3 rings (SSSR count). The third kappa shape index (κ3) is 3.52. The molecule has 6 heteroatoms. The second kappa shape index (κ2) is 6.66. The zero-order valence-electron chi connectivity index (χ0n) is 13.3. The summed E-state index contributed by atoms with van der Waals surface area (Å²) in [5.41, 5.74) is 0.996. The lowest BCUT2D eigenvalue weighted by Crippen LogP contribution is -2.55. The standard InChI is InChI=1S/C17H23N3O3/c21-11-16(23)19-8-2-5-17(12-19)6-4-15(22)20(13-17)10-14-3-1-7-18-9-14/h1,3,7,9,21H,2,4-6,8,10-13H2/t17-/m0/s1. The van der Waals surface area contributed by atoms with Crippen LogP contribution in [0.4, 0.5) is 0 Å². The van der Waals surface area contributed by atoms with Crippen molar-refractivity contribution in [1.29, 1.82) is 0 Å². The molecule has 0 unspecified atom stereocenters. The van der Waals surface area contributed by atoms with Crippen molar-refractivity contribution in [3.63, 3.8) is 0 Å². The molecule has 124 valence electrons. The number of carbonyl (C=O) groups excluding carboxylic acids is 2. The Hall–Kier alpha value is -1.95. The van der Waals surface area contributed by atoms with Crippen LogP contribution in [0.3, 0.4) is 0 Å². The van der Waals surface area contributed by atoms with Crippen LogP contribution in [0.15, 0.2) is 24.5 Å². The Morgan fingerprint density at radius 3 is 2.96 bits per heavy atom. The third-order valence-electron chi connectivity index (χ3n) is 4.99. The molecular weight excluding hydrogens is 294 g/mol. The van der Waals surface area contributed by atoms with Crippen LogP contribution in [-0.4, -0.2) is 57.9 Å². The van der Waals surface area contributed by atoms with Gasteiger partial charge in [-0.3, -0.25) is 14.6 Å². The molecule has 2 amide bonds. The van der Waals surface area contributed by atoms with Gasteiger partial charge in [0.05, 0.1) is 0 Å². The Kier molecular flexibility index (Phi) is 4.61. The molecule has 1 aromatic heterocycles. The minimum absolute atomic E-state index is 0.0286. The van der Waals surface area contributed by atoms with Gasteiger partial charge in [-0.15, -0.1) is 0 Å². The zero-order valence-corrected chi connectivity index (χ0v) is 13.3. The van der Waals surface area contributed by atoms with Gasteiger partial charge in [-0.25, -0.2) is 0 Å². The van der Waals surface area contributed by atoms with Crippen molar-refractivity contribution in [2.45, 2.75) is 32.2 Å². The highest BCUT2D eigenvalue weighted by Gasteiger charge is 2.42. The number of hydrogen-bond donors (Lipinski definition) is 1. The van der Waals surface area contributed by atoms with Crippen molar-refractivity contribution < 1.29 is 14.7 Å². The Labute approximate surface area is 136 Å². The SMILES string of the molecule is O=C(CO)N1CCC[C@]2(CCC(=O)N(Cc3cccnc3)C2)C1. The van der Waals surface area contributed by atoms with Crippen molar-refractivity contribution in [3.05, 3.63) is 30.1 Å². The molecule has 2 aliphatic rings. The molecule has 1 N–H and O–H groups in total. The number of aliphatic hydroxyl groups excluding tert-OH is 1. The van der Waals surface area contributed by atoms with Gasteiger partial charge in [-0.05, 0) is 30.9 Å². The Morgan fingerprint density at radius 2 is 2.22 bits per heavy atom. The van der Waals surface area contributed by atoms with Gasteiger partial charge >= 0.3 is 0 Å². The number of piperidine rings is 2. The van der Waals surface area contributed by atoms with Crippen molar-refractivity contribution in [2.24, 2.45) is 5.41 Å². The van der Waals surface area contributed by atoms with E-state index in [9.17, 15) is 9.59 Å². The number of rotatable bonds is 3. The second-order valence-corrected chi connectivity index (χ2v) is 6.69. The van der Waals surface area contributed by atoms with Gasteiger partial charge in [0.1, 0.15) is 6.61 Å². The topological polar surface area (TPSA) is 73.7 Å². The number of aliphatic hydroxyl groups is 1. The zero-order chi connectivity index (χ0) is 16.3. The van der Waals surface area contributed by atoms with Crippen molar-refractivity contribution in [2.75, 3.05) is 26.2 Å². The summed E-state index contributed by atoms with van der Waals surface area (Å²) in [5.74, 6) is -0.0372. The lowest BCUT2D eigenvalue weighted by atomic mass is 9.73. The lowest BCUT2D eigenvalue weighted by Gasteiger charge is -2.48. The molecule has 23 heavy (non-hydrogen) atoms. The van der Waals surface area contributed by atoms with Gasteiger partial charge in [-0.1, -0.05) is 6.07 Å². The van der Waals surface area contributed by atoms with Crippen LogP contribution in [0.25, 0.3) is 0 Å². The Balaban J connectivity index is 1.71. The van der Waals surface area contributed by atoms with E-state index in [0.29, 0.717) is 32.6 Å².